The van der Waals surface area contributed by atoms with Crippen LogP contribution in [0.2, 0.25) is 0 Å². The molecule has 3 aromatic carbocycles. The fraction of sp³-hybridized carbons (Fsp3) is 0.0526. The molecule has 0 saturated carbocycles. The molecule has 112 valence electrons. The maximum atomic E-state index is 5.84. The zero-order chi connectivity index (χ0) is 15.6. The van der Waals surface area contributed by atoms with Crippen LogP contribution in [0.4, 0.5) is 0 Å². The molecule has 0 fully saturated rings. The molecule has 1 heterocycles. The van der Waals surface area contributed by atoms with Crippen molar-refractivity contribution in [2.75, 3.05) is 7.11 Å². The standard InChI is InChI=1S/C19H14N2O2/c1-22-17-9-5-4-8-16(17)19-21-20-18(23-19)15-11-10-13-6-2-3-7-14(13)12-15/h2-12H,1H3. The van der Waals surface area contributed by atoms with Crippen LogP contribution in [0.1, 0.15) is 0 Å². The first kappa shape index (κ1) is 13.5. The zero-order valence-electron chi connectivity index (χ0n) is 12.6. The normalized spacial score (nSPS) is 10.8. The summed E-state index contributed by atoms with van der Waals surface area (Å²) in [6.45, 7) is 0. The predicted octanol–water partition coefficient (Wildman–Crippen LogP) is 4.57. The molecule has 4 nitrogen and oxygen atoms in total. The average molecular weight is 302 g/mol. The fourth-order valence-electron chi connectivity index (χ4n) is 2.59. The van der Waals surface area contributed by atoms with Gasteiger partial charge >= 0.3 is 0 Å². The number of para-hydroxylation sites is 1. The molecule has 0 aliphatic heterocycles. The van der Waals surface area contributed by atoms with E-state index >= 15 is 0 Å². The van der Waals surface area contributed by atoms with E-state index in [1.54, 1.807) is 7.11 Å². The van der Waals surface area contributed by atoms with Gasteiger partial charge in [-0.15, -0.1) is 10.2 Å². The minimum Gasteiger partial charge on any atom is -0.496 e. The van der Waals surface area contributed by atoms with Crippen LogP contribution in [-0.2, 0) is 0 Å². The Balaban J connectivity index is 1.77. The lowest BCUT2D eigenvalue weighted by atomic mass is 10.1. The number of rotatable bonds is 3. The van der Waals surface area contributed by atoms with Crippen molar-refractivity contribution in [2.24, 2.45) is 0 Å². The lowest BCUT2D eigenvalue weighted by molar-refractivity contribution is 0.414. The molecule has 0 radical (unpaired) electrons. The number of hydrogen-bond donors (Lipinski definition) is 0. The largest absolute Gasteiger partial charge is 0.496 e. The first-order chi connectivity index (χ1) is 11.3. The summed E-state index contributed by atoms with van der Waals surface area (Å²) < 4.78 is 11.2. The number of methoxy groups -OCH3 is 1. The highest BCUT2D eigenvalue weighted by Crippen LogP contribution is 2.31. The van der Waals surface area contributed by atoms with Crippen LogP contribution in [0, 0.1) is 0 Å². The summed E-state index contributed by atoms with van der Waals surface area (Å²) >= 11 is 0. The molecule has 0 aliphatic carbocycles. The van der Waals surface area contributed by atoms with E-state index in [4.69, 9.17) is 9.15 Å². The molecule has 1 aromatic heterocycles. The first-order valence-corrected chi connectivity index (χ1v) is 7.31. The van der Waals surface area contributed by atoms with Crippen LogP contribution in [0.3, 0.4) is 0 Å². The van der Waals surface area contributed by atoms with Gasteiger partial charge in [0, 0.05) is 5.56 Å². The second kappa shape index (κ2) is 5.57. The summed E-state index contributed by atoms with van der Waals surface area (Å²) in [5.41, 5.74) is 1.69. The SMILES string of the molecule is COc1ccccc1-c1nnc(-c2ccc3ccccc3c2)o1. The summed E-state index contributed by atoms with van der Waals surface area (Å²) in [7, 11) is 1.62. The highest BCUT2D eigenvalue weighted by atomic mass is 16.5. The molecule has 0 amide bonds. The molecule has 0 unspecified atom stereocenters. The molecule has 0 spiro atoms. The second-order valence-electron chi connectivity index (χ2n) is 5.17. The minimum atomic E-state index is 0.450. The van der Waals surface area contributed by atoms with Crippen molar-refractivity contribution in [1.82, 2.24) is 10.2 Å². The van der Waals surface area contributed by atoms with E-state index in [2.05, 4.69) is 34.5 Å². The maximum Gasteiger partial charge on any atom is 0.251 e. The second-order valence-corrected chi connectivity index (χ2v) is 5.17. The van der Waals surface area contributed by atoms with Gasteiger partial charge in [0.15, 0.2) is 0 Å². The van der Waals surface area contributed by atoms with Crippen molar-refractivity contribution in [2.45, 2.75) is 0 Å². The summed E-state index contributed by atoms with van der Waals surface area (Å²) in [4.78, 5) is 0. The average Bonchev–Trinajstić information content (AvgIpc) is 3.11. The summed E-state index contributed by atoms with van der Waals surface area (Å²) in [6.07, 6.45) is 0. The molecule has 0 aliphatic rings. The van der Waals surface area contributed by atoms with E-state index in [-0.39, 0.29) is 0 Å². The maximum absolute atomic E-state index is 5.84. The van der Waals surface area contributed by atoms with Gasteiger partial charge < -0.3 is 9.15 Å². The Morgan fingerprint density at radius 2 is 1.52 bits per heavy atom. The van der Waals surface area contributed by atoms with Crippen LogP contribution in [0.25, 0.3) is 33.7 Å². The topological polar surface area (TPSA) is 48.2 Å². The molecule has 4 rings (SSSR count). The van der Waals surface area contributed by atoms with Gasteiger partial charge in [-0.3, -0.25) is 0 Å². The Kier molecular flexibility index (Phi) is 3.27. The highest BCUT2D eigenvalue weighted by molar-refractivity contribution is 5.86. The van der Waals surface area contributed by atoms with Gasteiger partial charge in [0.2, 0.25) is 5.89 Å². The summed E-state index contributed by atoms with van der Waals surface area (Å²) in [5, 5.41) is 10.6. The molecule has 0 saturated heterocycles. The number of benzene rings is 3. The number of fused-ring (bicyclic) bond motifs is 1. The van der Waals surface area contributed by atoms with Gasteiger partial charge in [0.05, 0.1) is 12.7 Å². The van der Waals surface area contributed by atoms with Crippen molar-refractivity contribution >= 4 is 10.8 Å². The van der Waals surface area contributed by atoms with E-state index in [0.717, 1.165) is 16.5 Å². The van der Waals surface area contributed by atoms with Crippen molar-refractivity contribution in [1.29, 1.82) is 0 Å². The van der Waals surface area contributed by atoms with E-state index in [1.807, 2.05) is 42.5 Å². The predicted molar refractivity (Wildman–Crippen MR) is 89.2 cm³/mol. The lowest BCUT2D eigenvalue weighted by Gasteiger charge is -2.03. The van der Waals surface area contributed by atoms with E-state index in [0.29, 0.717) is 17.5 Å². The van der Waals surface area contributed by atoms with Crippen LogP contribution in [0.5, 0.6) is 5.75 Å². The Morgan fingerprint density at radius 3 is 2.39 bits per heavy atom. The third-order valence-electron chi connectivity index (χ3n) is 3.76. The quantitative estimate of drug-likeness (QED) is 0.556. The smallest absolute Gasteiger partial charge is 0.251 e. The zero-order valence-corrected chi connectivity index (χ0v) is 12.6. The monoisotopic (exact) mass is 302 g/mol. The summed E-state index contributed by atoms with van der Waals surface area (Å²) in [5.74, 6) is 1.66. The molecule has 0 atom stereocenters. The lowest BCUT2D eigenvalue weighted by Crippen LogP contribution is -1.87. The van der Waals surface area contributed by atoms with Gasteiger partial charge in [0.1, 0.15) is 5.75 Å². The third-order valence-corrected chi connectivity index (χ3v) is 3.76. The first-order valence-electron chi connectivity index (χ1n) is 7.31. The number of nitrogens with zero attached hydrogens (tertiary/aromatic N) is 2. The Labute approximate surface area is 133 Å². The fourth-order valence-corrected chi connectivity index (χ4v) is 2.59. The highest BCUT2D eigenvalue weighted by Gasteiger charge is 2.14. The summed E-state index contributed by atoms with van der Waals surface area (Å²) in [6, 6.07) is 21.9. The van der Waals surface area contributed by atoms with E-state index in [9.17, 15) is 0 Å². The van der Waals surface area contributed by atoms with Gasteiger partial charge in [-0.2, -0.15) is 0 Å². The number of ether oxygens (including phenoxy) is 1. The molecule has 0 bridgehead atoms. The number of hydrogen-bond acceptors (Lipinski definition) is 4. The van der Waals surface area contributed by atoms with E-state index in [1.165, 1.54) is 5.39 Å². The van der Waals surface area contributed by atoms with Crippen LogP contribution >= 0.6 is 0 Å². The Hall–Kier alpha value is -3.14. The van der Waals surface area contributed by atoms with Gasteiger partial charge in [-0.25, -0.2) is 0 Å². The van der Waals surface area contributed by atoms with Crippen molar-refractivity contribution < 1.29 is 9.15 Å². The molecular weight excluding hydrogens is 288 g/mol. The minimum absolute atomic E-state index is 0.450. The van der Waals surface area contributed by atoms with Crippen LogP contribution < -0.4 is 4.74 Å². The van der Waals surface area contributed by atoms with E-state index < -0.39 is 0 Å². The molecule has 0 N–H and O–H groups in total. The van der Waals surface area contributed by atoms with Crippen LogP contribution in [-0.4, -0.2) is 17.3 Å². The number of aromatic nitrogens is 2. The van der Waals surface area contributed by atoms with Crippen molar-refractivity contribution in [3.05, 3.63) is 66.7 Å². The van der Waals surface area contributed by atoms with Gasteiger partial charge in [0.25, 0.3) is 5.89 Å². The third kappa shape index (κ3) is 2.44. The Morgan fingerprint density at radius 1 is 0.783 bits per heavy atom. The van der Waals surface area contributed by atoms with Gasteiger partial charge in [-0.1, -0.05) is 42.5 Å². The molecule has 23 heavy (non-hydrogen) atoms. The molecular formula is C19H14N2O2. The molecule has 4 aromatic rings. The van der Waals surface area contributed by atoms with Crippen molar-refractivity contribution in [3.63, 3.8) is 0 Å². The Bertz CT molecular complexity index is 976. The van der Waals surface area contributed by atoms with Gasteiger partial charge in [-0.05, 0) is 35.0 Å². The van der Waals surface area contributed by atoms with Crippen LogP contribution in [0.15, 0.2) is 71.1 Å². The van der Waals surface area contributed by atoms with Crippen molar-refractivity contribution in [3.8, 4) is 28.7 Å². The molecule has 4 heteroatoms.